The highest BCUT2D eigenvalue weighted by Gasteiger charge is 2.25. The maximum atomic E-state index is 11.5. The highest BCUT2D eigenvalue weighted by atomic mass is 16.6. The number of nitrogens with zero attached hydrogens (tertiary/aromatic N) is 3. The predicted molar refractivity (Wildman–Crippen MR) is 107 cm³/mol. The van der Waals surface area contributed by atoms with Gasteiger partial charge in [-0.3, -0.25) is 10.1 Å². The largest absolute Gasteiger partial charge is 0.370 e. The van der Waals surface area contributed by atoms with Crippen LogP contribution in [0.1, 0.15) is 29.5 Å². The Labute approximate surface area is 158 Å². The summed E-state index contributed by atoms with van der Waals surface area (Å²) in [7, 11) is 0. The number of hydrogen-bond donors (Lipinski definition) is 1. The van der Waals surface area contributed by atoms with Crippen LogP contribution in [-0.2, 0) is 6.42 Å². The van der Waals surface area contributed by atoms with Crippen molar-refractivity contribution in [2.24, 2.45) is 0 Å². The van der Waals surface area contributed by atoms with E-state index in [4.69, 9.17) is 5.10 Å². The summed E-state index contributed by atoms with van der Waals surface area (Å²) in [6, 6.07) is 13.2. The second kappa shape index (κ2) is 6.87. The van der Waals surface area contributed by atoms with Crippen LogP contribution in [0.4, 0.5) is 11.5 Å². The maximum Gasteiger partial charge on any atom is 0.294 e. The lowest BCUT2D eigenvalue weighted by Gasteiger charge is -2.09. The minimum absolute atomic E-state index is 0.0563. The number of para-hydroxylation sites is 2. The Bertz CT molecular complexity index is 1000. The Morgan fingerprint density at radius 2 is 1.85 bits per heavy atom. The molecule has 2 heterocycles. The third-order valence-electron chi connectivity index (χ3n) is 4.93. The van der Waals surface area contributed by atoms with Crippen molar-refractivity contribution < 1.29 is 4.92 Å². The van der Waals surface area contributed by atoms with Crippen LogP contribution in [0, 0.1) is 24.0 Å². The second-order valence-electron chi connectivity index (χ2n) is 7.09. The van der Waals surface area contributed by atoms with Crippen molar-refractivity contribution in [3.05, 3.63) is 69.3 Å². The fourth-order valence-electron chi connectivity index (χ4n) is 3.82. The highest BCUT2D eigenvalue weighted by Crippen LogP contribution is 2.36. The van der Waals surface area contributed by atoms with Gasteiger partial charge in [0.2, 0.25) is 0 Å². The zero-order valence-corrected chi connectivity index (χ0v) is 15.5. The SMILES string of the molecule is Cc1cc(C)cc(-c2nn(-c3ccccc3[N+](=O)[O-])c3c2CCCCN3)c1. The fraction of sp³-hybridized carbons (Fsp3) is 0.286. The smallest absolute Gasteiger partial charge is 0.294 e. The Morgan fingerprint density at radius 1 is 1.11 bits per heavy atom. The third kappa shape index (κ3) is 3.18. The monoisotopic (exact) mass is 362 g/mol. The van der Waals surface area contributed by atoms with Crippen LogP contribution < -0.4 is 5.32 Å². The number of nitrogens with one attached hydrogen (secondary N) is 1. The molecule has 0 radical (unpaired) electrons. The van der Waals surface area contributed by atoms with E-state index in [-0.39, 0.29) is 10.6 Å². The number of aryl methyl sites for hydroxylation is 2. The molecule has 6 nitrogen and oxygen atoms in total. The van der Waals surface area contributed by atoms with E-state index < -0.39 is 0 Å². The summed E-state index contributed by atoms with van der Waals surface area (Å²) < 4.78 is 1.71. The van der Waals surface area contributed by atoms with Gasteiger partial charge in [-0.1, -0.05) is 29.3 Å². The number of fused-ring (bicyclic) bond motifs is 1. The van der Waals surface area contributed by atoms with Gasteiger partial charge in [0, 0.05) is 23.7 Å². The molecule has 0 saturated heterocycles. The minimum Gasteiger partial charge on any atom is -0.370 e. The van der Waals surface area contributed by atoms with E-state index in [0.717, 1.165) is 48.4 Å². The number of nitro benzene ring substituents is 1. The first-order valence-electron chi connectivity index (χ1n) is 9.23. The summed E-state index contributed by atoms with van der Waals surface area (Å²) in [4.78, 5) is 11.2. The van der Waals surface area contributed by atoms with Gasteiger partial charge in [-0.25, -0.2) is 4.68 Å². The highest BCUT2D eigenvalue weighted by molar-refractivity contribution is 5.73. The van der Waals surface area contributed by atoms with Crippen LogP contribution >= 0.6 is 0 Å². The number of hydrogen-bond acceptors (Lipinski definition) is 4. The molecular formula is C21H22N4O2. The molecule has 1 aliphatic heterocycles. The Balaban J connectivity index is 1.97. The summed E-state index contributed by atoms with van der Waals surface area (Å²) in [6.07, 6.45) is 3.05. The summed E-state index contributed by atoms with van der Waals surface area (Å²) in [5, 5.41) is 19.8. The van der Waals surface area contributed by atoms with Crippen molar-refractivity contribution >= 4 is 11.5 Å². The van der Waals surface area contributed by atoms with Crippen molar-refractivity contribution in [1.82, 2.24) is 9.78 Å². The zero-order chi connectivity index (χ0) is 19.0. The lowest BCUT2D eigenvalue weighted by Crippen LogP contribution is -2.08. The van der Waals surface area contributed by atoms with Gasteiger partial charge in [0.25, 0.3) is 5.69 Å². The number of anilines is 1. The molecule has 0 atom stereocenters. The minimum atomic E-state index is -0.351. The molecule has 1 aliphatic rings. The molecule has 1 aromatic heterocycles. The van der Waals surface area contributed by atoms with E-state index in [2.05, 4.69) is 37.4 Å². The number of aromatic nitrogens is 2. The van der Waals surface area contributed by atoms with Crippen LogP contribution in [0.2, 0.25) is 0 Å². The van der Waals surface area contributed by atoms with Gasteiger partial charge in [0.1, 0.15) is 11.5 Å². The lowest BCUT2D eigenvalue weighted by atomic mass is 10.00. The lowest BCUT2D eigenvalue weighted by molar-refractivity contribution is -0.384. The molecule has 0 amide bonds. The molecule has 6 heteroatoms. The first-order valence-corrected chi connectivity index (χ1v) is 9.23. The van der Waals surface area contributed by atoms with E-state index in [0.29, 0.717) is 5.69 Å². The van der Waals surface area contributed by atoms with Crippen LogP contribution in [0.5, 0.6) is 0 Å². The van der Waals surface area contributed by atoms with E-state index in [9.17, 15) is 10.1 Å². The van der Waals surface area contributed by atoms with E-state index in [1.165, 1.54) is 17.2 Å². The summed E-state index contributed by atoms with van der Waals surface area (Å²) >= 11 is 0. The molecule has 2 aromatic carbocycles. The van der Waals surface area contributed by atoms with Crippen LogP contribution in [0.3, 0.4) is 0 Å². The Hall–Kier alpha value is -3.15. The molecule has 3 aromatic rings. The van der Waals surface area contributed by atoms with Gasteiger partial charge in [-0.15, -0.1) is 0 Å². The molecule has 0 fully saturated rings. The topological polar surface area (TPSA) is 73.0 Å². The number of nitro groups is 1. The van der Waals surface area contributed by atoms with E-state index >= 15 is 0 Å². The Kier molecular flexibility index (Phi) is 4.39. The molecule has 0 spiro atoms. The van der Waals surface area contributed by atoms with Crippen molar-refractivity contribution in [1.29, 1.82) is 0 Å². The second-order valence-corrected chi connectivity index (χ2v) is 7.09. The molecule has 4 rings (SSSR count). The average molecular weight is 362 g/mol. The number of benzene rings is 2. The van der Waals surface area contributed by atoms with Crippen molar-refractivity contribution in [2.75, 3.05) is 11.9 Å². The van der Waals surface area contributed by atoms with Crippen LogP contribution in [0.15, 0.2) is 42.5 Å². The average Bonchev–Trinajstić information content (AvgIpc) is 2.82. The maximum absolute atomic E-state index is 11.5. The van der Waals surface area contributed by atoms with Gasteiger partial charge in [0.05, 0.1) is 10.6 Å². The number of rotatable bonds is 3. The Morgan fingerprint density at radius 3 is 2.59 bits per heavy atom. The first-order chi connectivity index (χ1) is 13.0. The predicted octanol–water partition coefficient (Wildman–Crippen LogP) is 4.81. The van der Waals surface area contributed by atoms with Gasteiger partial charge < -0.3 is 5.32 Å². The van der Waals surface area contributed by atoms with Gasteiger partial charge in [-0.2, -0.15) is 5.10 Å². The molecular weight excluding hydrogens is 340 g/mol. The summed E-state index contributed by atoms with van der Waals surface area (Å²) in [6.45, 7) is 4.99. The molecule has 138 valence electrons. The van der Waals surface area contributed by atoms with Gasteiger partial charge in [0.15, 0.2) is 0 Å². The standard InChI is InChI=1S/C21H22N4O2/c1-14-11-15(2)13-16(12-14)20-17-7-5-6-10-22-21(17)24(23-20)18-8-3-4-9-19(18)25(26)27/h3-4,8-9,11-13,22H,5-7,10H2,1-2H3. The molecule has 1 N–H and O–H groups in total. The fourth-order valence-corrected chi connectivity index (χ4v) is 3.82. The molecule has 27 heavy (non-hydrogen) atoms. The summed E-state index contributed by atoms with van der Waals surface area (Å²) in [5.74, 6) is 0.871. The zero-order valence-electron chi connectivity index (χ0n) is 15.5. The van der Waals surface area contributed by atoms with Gasteiger partial charge in [-0.05, 0) is 51.3 Å². The summed E-state index contributed by atoms with van der Waals surface area (Å²) in [5.41, 5.74) is 6.01. The van der Waals surface area contributed by atoms with Gasteiger partial charge >= 0.3 is 0 Å². The van der Waals surface area contributed by atoms with E-state index in [1.807, 2.05) is 6.07 Å². The molecule has 0 aliphatic carbocycles. The normalized spacial score (nSPS) is 13.6. The van der Waals surface area contributed by atoms with Crippen LogP contribution in [0.25, 0.3) is 16.9 Å². The van der Waals surface area contributed by atoms with Crippen molar-refractivity contribution in [3.8, 4) is 16.9 Å². The first kappa shape index (κ1) is 17.3. The van der Waals surface area contributed by atoms with Crippen molar-refractivity contribution in [3.63, 3.8) is 0 Å². The van der Waals surface area contributed by atoms with Crippen molar-refractivity contribution in [2.45, 2.75) is 33.1 Å². The third-order valence-corrected chi connectivity index (χ3v) is 4.93. The van der Waals surface area contributed by atoms with Crippen LogP contribution in [-0.4, -0.2) is 21.2 Å². The molecule has 0 bridgehead atoms. The quantitative estimate of drug-likeness (QED) is 0.536. The molecule has 0 saturated carbocycles. The molecule has 0 unspecified atom stereocenters. The van der Waals surface area contributed by atoms with E-state index in [1.54, 1.807) is 16.8 Å².